The predicted octanol–water partition coefficient (Wildman–Crippen LogP) is 8.76. The Morgan fingerprint density at radius 1 is 0.467 bits per heavy atom. The van der Waals surface area contributed by atoms with Crippen molar-refractivity contribution in [1.29, 1.82) is 0 Å². The third-order valence-electron chi connectivity index (χ3n) is 7.56. The van der Waals surface area contributed by atoms with Crippen LogP contribution in [0.3, 0.4) is 0 Å². The molecule has 2 heterocycles. The maximum Gasteiger partial charge on any atom is 0.257 e. The lowest BCUT2D eigenvalue weighted by atomic mass is 10.0. The predicted molar refractivity (Wildman–Crippen MR) is 181 cm³/mol. The Labute approximate surface area is 259 Å². The van der Waals surface area contributed by atoms with Crippen molar-refractivity contribution in [2.75, 3.05) is 15.5 Å². The summed E-state index contributed by atoms with van der Waals surface area (Å²) >= 11 is 0. The molecule has 2 amide bonds. The van der Waals surface area contributed by atoms with Crippen molar-refractivity contribution in [3.05, 3.63) is 163 Å². The standard InChI is InChI=1S/C38H27N5O2/c44-37(41-31-20-8-12-26-14-10-24-39-35(26)31)29-18-4-6-22-33(29)43(28-16-2-1-3-17-28)34-23-7-5-19-30(34)38(45)42-32-21-9-13-27-15-11-25-40-36(27)32/h1-25H,(H,41,44)(H,42,45). The van der Waals surface area contributed by atoms with Crippen molar-refractivity contribution in [3.63, 3.8) is 0 Å². The van der Waals surface area contributed by atoms with E-state index in [0.717, 1.165) is 16.5 Å². The zero-order valence-electron chi connectivity index (χ0n) is 24.1. The number of hydrogen-bond acceptors (Lipinski definition) is 5. The molecule has 216 valence electrons. The summed E-state index contributed by atoms with van der Waals surface area (Å²) in [5.74, 6) is -0.595. The Morgan fingerprint density at radius 3 is 1.42 bits per heavy atom. The van der Waals surface area contributed by atoms with E-state index >= 15 is 0 Å². The zero-order chi connectivity index (χ0) is 30.6. The van der Waals surface area contributed by atoms with Gasteiger partial charge >= 0.3 is 0 Å². The number of hydrogen-bond donors (Lipinski definition) is 2. The van der Waals surface area contributed by atoms with Gasteiger partial charge in [-0.25, -0.2) is 0 Å². The Morgan fingerprint density at radius 2 is 0.911 bits per heavy atom. The Kier molecular flexibility index (Phi) is 7.40. The first kappa shape index (κ1) is 27.5. The van der Waals surface area contributed by atoms with Gasteiger partial charge < -0.3 is 15.5 Å². The lowest BCUT2D eigenvalue weighted by molar-refractivity contribution is 0.102. The maximum atomic E-state index is 14.0. The van der Waals surface area contributed by atoms with Gasteiger partial charge in [0.15, 0.2) is 0 Å². The van der Waals surface area contributed by atoms with Gasteiger partial charge in [0.05, 0.1) is 44.9 Å². The second-order valence-corrected chi connectivity index (χ2v) is 10.4. The summed E-state index contributed by atoms with van der Waals surface area (Å²) in [6, 6.07) is 43.5. The van der Waals surface area contributed by atoms with Crippen molar-refractivity contribution < 1.29 is 9.59 Å². The van der Waals surface area contributed by atoms with Gasteiger partial charge in [-0.1, -0.05) is 78.9 Å². The van der Waals surface area contributed by atoms with Gasteiger partial charge in [-0.3, -0.25) is 19.6 Å². The lowest BCUT2D eigenvalue weighted by Crippen LogP contribution is -2.21. The van der Waals surface area contributed by atoms with Gasteiger partial charge in [0, 0.05) is 28.9 Å². The molecule has 0 unspecified atom stereocenters. The number of anilines is 5. The van der Waals surface area contributed by atoms with E-state index in [2.05, 4.69) is 20.6 Å². The largest absolute Gasteiger partial charge is 0.320 e. The van der Waals surface area contributed by atoms with E-state index in [-0.39, 0.29) is 11.8 Å². The smallest absolute Gasteiger partial charge is 0.257 e. The molecule has 0 atom stereocenters. The molecular formula is C38H27N5O2. The van der Waals surface area contributed by atoms with Crippen molar-refractivity contribution in [3.8, 4) is 0 Å². The van der Waals surface area contributed by atoms with Gasteiger partial charge in [-0.2, -0.15) is 0 Å². The first-order valence-corrected chi connectivity index (χ1v) is 14.5. The van der Waals surface area contributed by atoms with Gasteiger partial charge in [-0.15, -0.1) is 0 Å². The van der Waals surface area contributed by atoms with Gasteiger partial charge in [0.1, 0.15) is 0 Å². The second-order valence-electron chi connectivity index (χ2n) is 10.4. The zero-order valence-corrected chi connectivity index (χ0v) is 24.1. The molecule has 7 aromatic rings. The maximum absolute atomic E-state index is 14.0. The van der Waals surface area contributed by atoms with Gasteiger partial charge in [0.2, 0.25) is 0 Å². The van der Waals surface area contributed by atoms with Gasteiger partial charge in [0.25, 0.3) is 11.8 Å². The quantitative estimate of drug-likeness (QED) is 0.195. The van der Waals surface area contributed by atoms with E-state index in [4.69, 9.17) is 0 Å². The number of carbonyl (C=O) groups excluding carboxylic acids is 2. The number of rotatable bonds is 7. The summed E-state index contributed by atoms with van der Waals surface area (Å²) in [5.41, 5.74) is 5.52. The number of nitrogens with one attached hydrogen (secondary N) is 2. The average Bonchev–Trinajstić information content (AvgIpc) is 3.10. The fourth-order valence-electron chi connectivity index (χ4n) is 5.50. The van der Waals surface area contributed by atoms with Gasteiger partial charge in [-0.05, 0) is 60.7 Å². The average molecular weight is 586 g/mol. The van der Waals surface area contributed by atoms with E-state index in [1.807, 2.05) is 132 Å². The van der Waals surface area contributed by atoms with Crippen molar-refractivity contribution in [1.82, 2.24) is 9.97 Å². The summed E-state index contributed by atoms with van der Waals surface area (Å²) in [6.45, 7) is 0. The lowest BCUT2D eigenvalue weighted by Gasteiger charge is -2.29. The molecule has 7 heteroatoms. The third kappa shape index (κ3) is 5.46. The van der Waals surface area contributed by atoms with E-state index < -0.39 is 0 Å². The van der Waals surface area contributed by atoms with Crippen LogP contribution >= 0.6 is 0 Å². The molecule has 0 saturated heterocycles. The number of carbonyl (C=O) groups is 2. The minimum atomic E-state index is -0.298. The molecule has 0 aliphatic rings. The second kappa shape index (κ2) is 12.1. The highest BCUT2D eigenvalue weighted by Crippen LogP contribution is 2.39. The highest BCUT2D eigenvalue weighted by atomic mass is 16.2. The Bertz CT molecular complexity index is 2030. The fourth-order valence-corrected chi connectivity index (χ4v) is 5.50. The molecule has 5 aromatic carbocycles. The molecule has 2 aromatic heterocycles. The number of nitrogens with zero attached hydrogens (tertiary/aromatic N) is 3. The first-order valence-electron chi connectivity index (χ1n) is 14.5. The number of pyridine rings is 2. The van der Waals surface area contributed by atoms with Crippen LogP contribution in [0.2, 0.25) is 0 Å². The third-order valence-corrected chi connectivity index (χ3v) is 7.56. The van der Waals surface area contributed by atoms with Crippen LogP contribution in [-0.2, 0) is 0 Å². The topological polar surface area (TPSA) is 87.2 Å². The summed E-state index contributed by atoms with van der Waals surface area (Å²) < 4.78 is 0. The highest BCUT2D eigenvalue weighted by molar-refractivity contribution is 6.14. The number of benzene rings is 5. The minimum absolute atomic E-state index is 0.298. The van der Waals surface area contributed by atoms with Crippen LogP contribution in [0.4, 0.5) is 28.4 Å². The molecule has 0 saturated carbocycles. The number of aromatic nitrogens is 2. The number of amides is 2. The highest BCUT2D eigenvalue weighted by Gasteiger charge is 2.24. The van der Waals surface area contributed by atoms with Crippen LogP contribution in [0, 0.1) is 0 Å². The molecule has 2 N–H and O–H groups in total. The van der Waals surface area contributed by atoms with E-state index in [9.17, 15) is 9.59 Å². The van der Waals surface area contributed by atoms with E-state index in [1.54, 1.807) is 24.5 Å². The summed E-state index contributed by atoms with van der Waals surface area (Å²) in [4.78, 5) is 38.9. The molecule has 7 nitrogen and oxygen atoms in total. The van der Waals surface area contributed by atoms with Crippen LogP contribution in [0.5, 0.6) is 0 Å². The SMILES string of the molecule is O=C(Nc1cccc2cccnc12)c1ccccc1N(c1ccccc1)c1ccccc1C(=O)Nc1cccc2cccnc12. The van der Waals surface area contributed by atoms with E-state index in [0.29, 0.717) is 44.9 Å². The Balaban J connectivity index is 1.31. The molecular weight excluding hydrogens is 558 g/mol. The van der Waals surface area contributed by atoms with E-state index in [1.165, 1.54) is 0 Å². The molecule has 0 aliphatic heterocycles. The molecule has 0 bridgehead atoms. The van der Waals surface area contributed by atoms with Crippen molar-refractivity contribution >= 4 is 62.1 Å². The normalized spacial score (nSPS) is 10.8. The molecule has 45 heavy (non-hydrogen) atoms. The number of para-hydroxylation sites is 5. The summed E-state index contributed by atoms with van der Waals surface area (Å²) in [6.07, 6.45) is 3.42. The summed E-state index contributed by atoms with van der Waals surface area (Å²) in [7, 11) is 0. The molecule has 0 fully saturated rings. The Hall–Kier alpha value is -6.34. The number of fused-ring (bicyclic) bond motifs is 2. The molecule has 0 spiro atoms. The van der Waals surface area contributed by atoms with Crippen molar-refractivity contribution in [2.45, 2.75) is 0 Å². The summed E-state index contributed by atoms with van der Waals surface area (Å²) in [5, 5.41) is 8.00. The molecule has 0 aliphatic carbocycles. The van der Waals surface area contributed by atoms with Crippen LogP contribution in [-0.4, -0.2) is 21.8 Å². The van der Waals surface area contributed by atoms with Crippen LogP contribution in [0.25, 0.3) is 21.8 Å². The monoisotopic (exact) mass is 585 g/mol. The van der Waals surface area contributed by atoms with Crippen LogP contribution in [0.1, 0.15) is 20.7 Å². The first-order chi connectivity index (χ1) is 22.2. The van der Waals surface area contributed by atoms with Crippen molar-refractivity contribution in [2.24, 2.45) is 0 Å². The van der Waals surface area contributed by atoms with Crippen LogP contribution < -0.4 is 15.5 Å². The van der Waals surface area contributed by atoms with Crippen LogP contribution in [0.15, 0.2) is 152 Å². The minimum Gasteiger partial charge on any atom is -0.320 e. The molecule has 7 rings (SSSR count). The fraction of sp³-hybridized carbons (Fsp3) is 0. The molecule has 0 radical (unpaired) electrons.